The third-order valence-electron chi connectivity index (χ3n) is 3.06. The molecule has 1 rings (SSSR count). The molecule has 1 atom stereocenters. The Morgan fingerprint density at radius 1 is 1.30 bits per heavy atom. The Morgan fingerprint density at radius 3 is 2.60 bits per heavy atom. The van der Waals surface area contributed by atoms with Crippen LogP contribution in [0, 0.1) is 0 Å². The molecule has 0 radical (unpaired) electrons. The van der Waals surface area contributed by atoms with Crippen molar-refractivity contribution in [1.82, 2.24) is 9.62 Å². The number of nitrogens with zero attached hydrogens (tertiary/aromatic N) is 1. The van der Waals surface area contributed by atoms with E-state index in [0.29, 0.717) is 13.0 Å². The Labute approximate surface area is 118 Å². The van der Waals surface area contributed by atoms with E-state index in [9.17, 15) is 18.0 Å². The van der Waals surface area contributed by atoms with E-state index in [1.807, 2.05) is 0 Å². The van der Waals surface area contributed by atoms with Gasteiger partial charge < -0.3 is 14.8 Å². The van der Waals surface area contributed by atoms with Crippen molar-refractivity contribution >= 4 is 22.1 Å². The van der Waals surface area contributed by atoms with Crippen LogP contribution in [-0.4, -0.2) is 63.9 Å². The zero-order valence-electron chi connectivity index (χ0n) is 11.6. The molecule has 0 aromatic heterocycles. The van der Waals surface area contributed by atoms with Crippen molar-refractivity contribution in [1.29, 1.82) is 0 Å². The molecule has 1 N–H and O–H groups in total. The Hall–Kier alpha value is -1.35. The number of alkyl carbamates (subject to hydrolysis) is 1. The zero-order chi connectivity index (χ0) is 15.2. The molecule has 1 amide bonds. The summed E-state index contributed by atoms with van der Waals surface area (Å²) < 4.78 is 34.3. The van der Waals surface area contributed by atoms with Gasteiger partial charge in [-0.25, -0.2) is 13.2 Å². The van der Waals surface area contributed by atoms with Crippen molar-refractivity contribution in [3.8, 4) is 0 Å². The highest BCUT2D eigenvalue weighted by Gasteiger charge is 2.31. The molecule has 1 heterocycles. The molecule has 1 unspecified atom stereocenters. The molecular weight excluding hydrogens is 288 g/mol. The summed E-state index contributed by atoms with van der Waals surface area (Å²) in [5.41, 5.74) is 0. The smallest absolute Gasteiger partial charge is 0.407 e. The fourth-order valence-corrected chi connectivity index (χ4v) is 3.51. The second kappa shape index (κ2) is 7.44. The lowest BCUT2D eigenvalue weighted by Crippen LogP contribution is -2.39. The molecule has 0 aliphatic carbocycles. The van der Waals surface area contributed by atoms with Crippen molar-refractivity contribution in [3.63, 3.8) is 0 Å². The number of carbonyl (C=O) groups is 2. The molecule has 1 aliphatic rings. The van der Waals surface area contributed by atoms with Crippen LogP contribution in [0.25, 0.3) is 0 Å². The summed E-state index contributed by atoms with van der Waals surface area (Å²) in [4.78, 5) is 22.0. The van der Waals surface area contributed by atoms with E-state index in [0.717, 1.165) is 0 Å². The van der Waals surface area contributed by atoms with Gasteiger partial charge in [0.15, 0.2) is 0 Å². The minimum Gasteiger partial charge on any atom is -0.469 e. The number of ether oxygens (including phenoxy) is 2. The summed E-state index contributed by atoms with van der Waals surface area (Å²) in [5, 5.41) is 2.57. The lowest BCUT2D eigenvalue weighted by Gasteiger charge is -2.16. The summed E-state index contributed by atoms with van der Waals surface area (Å²) >= 11 is 0. The third kappa shape index (κ3) is 4.97. The van der Waals surface area contributed by atoms with Crippen molar-refractivity contribution in [3.05, 3.63) is 0 Å². The van der Waals surface area contributed by atoms with E-state index in [4.69, 9.17) is 0 Å². The summed E-state index contributed by atoms with van der Waals surface area (Å²) in [6.07, 6.45) is 0.277. The van der Waals surface area contributed by atoms with Crippen LogP contribution >= 0.6 is 0 Å². The van der Waals surface area contributed by atoms with E-state index in [1.165, 1.54) is 18.5 Å². The Balaban J connectivity index is 2.41. The first-order chi connectivity index (χ1) is 9.39. The van der Waals surface area contributed by atoms with Crippen LogP contribution in [-0.2, 0) is 24.3 Å². The highest BCUT2D eigenvalue weighted by atomic mass is 32.2. The second-order valence-corrected chi connectivity index (χ2v) is 6.56. The van der Waals surface area contributed by atoms with Crippen LogP contribution < -0.4 is 5.32 Å². The van der Waals surface area contributed by atoms with Crippen LogP contribution in [0.5, 0.6) is 0 Å². The number of carbonyl (C=O) groups excluding carboxylic acids is 2. The van der Waals surface area contributed by atoms with Gasteiger partial charge in [0.2, 0.25) is 10.0 Å². The van der Waals surface area contributed by atoms with Gasteiger partial charge in [0.25, 0.3) is 0 Å². The van der Waals surface area contributed by atoms with Gasteiger partial charge in [0.05, 0.1) is 20.0 Å². The van der Waals surface area contributed by atoms with E-state index in [1.54, 1.807) is 0 Å². The van der Waals surface area contributed by atoms with Gasteiger partial charge in [-0.15, -0.1) is 0 Å². The van der Waals surface area contributed by atoms with Crippen molar-refractivity contribution in [2.45, 2.75) is 25.3 Å². The molecule has 20 heavy (non-hydrogen) atoms. The molecule has 0 aromatic rings. The molecule has 116 valence electrons. The summed E-state index contributed by atoms with van der Waals surface area (Å²) in [5.74, 6) is -0.528. The predicted molar refractivity (Wildman–Crippen MR) is 70.6 cm³/mol. The van der Waals surface area contributed by atoms with Gasteiger partial charge in [-0.1, -0.05) is 0 Å². The van der Waals surface area contributed by atoms with Gasteiger partial charge >= 0.3 is 12.1 Å². The number of sulfonamides is 1. The number of hydrogen-bond acceptors (Lipinski definition) is 6. The largest absolute Gasteiger partial charge is 0.469 e. The van der Waals surface area contributed by atoms with Crippen LogP contribution in [0.15, 0.2) is 0 Å². The molecule has 0 spiro atoms. The standard InChI is InChI=1S/C11H20N2O6S/c1-18-10(14)4-3-7-20(16,17)13-6-5-9(8-13)12-11(15)19-2/h9H,3-8H2,1-2H3,(H,12,15). The Morgan fingerprint density at radius 2 is 2.00 bits per heavy atom. The maximum atomic E-state index is 12.0. The first kappa shape index (κ1) is 16.7. The van der Waals surface area contributed by atoms with E-state index < -0.39 is 22.1 Å². The quantitative estimate of drug-likeness (QED) is 0.676. The van der Waals surface area contributed by atoms with Crippen LogP contribution in [0.1, 0.15) is 19.3 Å². The number of rotatable bonds is 6. The molecule has 1 fully saturated rings. The molecule has 0 aromatic carbocycles. The molecule has 0 bridgehead atoms. The third-order valence-corrected chi connectivity index (χ3v) is 4.99. The minimum absolute atomic E-state index is 0.0768. The number of methoxy groups -OCH3 is 2. The van der Waals surface area contributed by atoms with E-state index in [-0.39, 0.29) is 31.2 Å². The normalized spacial score (nSPS) is 19.6. The Kier molecular flexibility index (Phi) is 6.21. The molecule has 9 heteroatoms. The number of esters is 1. The lowest BCUT2D eigenvalue weighted by molar-refractivity contribution is -0.140. The maximum Gasteiger partial charge on any atom is 0.407 e. The molecule has 1 aliphatic heterocycles. The van der Waals surface area contributed by atoms with Crippen LogP contribution in [0.3, 0.4) is 0 Å². The first-order valence-corrected chi connectivity index (χ1v) is 7.89. The van der Waals surface area contributed by atoms with Gasteiger partial charge in [-0.3, -0.25) is 4.79 Å². The SMILES string of the molecule is COC(=O)CCCS(=O)(=O)N1CCC(NC(=O)OC)C1. The maximum absolute atomic E-state index is 12.0. The summed E-state index contributed by atoms with van der Waals surface area (Å²) in [6, 6.07) is -0.238. The first-order valence-electron chi connectivity index (χ1n) is 6.28. The number of nitrogens with one attached hydrogen (secondary N) is 1. The van der Waals surface area contributed by atoms with Crippen molar-refractivity contribution < 1.29 is 27.5 Å². The molecule has 0 saturated carbocycles. The van der Waals surface area contributed by atoms with Crippen LogP contribution in [0.4, 0.5) is 4.79 Å². The summed E-state index contributed by atoms with van der Waals surface area (Å²) in [6.45, 7) is 0.588. The zero-order valence-corrected chi connectivity index (χ0v) is 12.4. The van der Waals surface area contributed by atoms with Gasteiger partial charge in [0.1, 0.15) is 0 Å². The van der Waals surface area contributed by atoms with Gasteiger partial charge in [0, 0.05) is 25.6 Å². The number of hydrogen-bond donors (Lipinski definition) is 1. The topological polar surface area (TPSA) is 102 Å². The molecule has 1 saturated heterocycles. The van der Waals surface area contributed by atoms with Gasteiger partial charge in [-0.05, 0) is 12.8 Å². The number of amides is 1. The highest BCUT2D eigenvalue weighted by molar-refractivity contribution is 7.89. The van der Waals surface area contributed by atoms with Crippen LogP contribution in [0.2, 0.25) is 0 Å². The molecular formula is C11H20N2O6S. The highest BCUT2D eigenvalue weighted by Crippen LogP contribution is 2.15. The fraction of sp³-hybridized carbons (Fsp3) is 0.818. The fourth-order valence-electron chi connectivity index (χ4n) is 1.95. The lowest BCUT2D eigenvalue weighted by atomic mass is 10.3. The molecule has 8 nitrogen and oxygen atoms in total. The monoisotopic (exact) mass is 308 g/mol. The predicted octanol–water partition coefficient (Wildman–Crippen LogP) is -0.300. The summed E-state index contributed by atoms with van der Waals surface area (Å²) in [7, 11) is -0.886. The van der Waals surface area contributed by atoms with Crippen molar-refractivity contribution in [2.75, 3.05) is 33.1 Å². The Bertz CT molecular complexity index is 450. The average Bonchev–Trinajstić information content (AvgIpc) is 2.87. The van der Waals surface area contributed by atoms with Gasteiger partial charge in [-0.2, -0.15) is 4.31 Å². The van der Waals surface area contributed by atoms with E-state index >= 15 is 0 Å². The minimum atomic E-state index is -3.41. The second-order valence-electron chi connectivity index (χ2n) is 4.48. The van der Waals surface area contributed by atoms with Crippen molar-refractivity contribution in [2.24, 2.45) is 0 Å². The average molecular weight is 308 g/mol. The van der Waals surface area contributed by atoms with E-state index in [2.05, 4.69) is 14.8 Å².